The fourth-order valence-corrected chi connectivity index (χ4v) is 2.09. The Hall–Kier alpha value is -2.91. The zero-order chi connectivity index (χ0) is 19.5. The van der Waals surface area contributed by atoms with E-state index < -0.39 is 30.2 Å². The molecule has 0 radical (unpaired) electrons. The van der Waals surface area contributed by atoms with Crippen molar-refractivity contribution in [3.05, 3.63) is 41.3 Å². The van der Waals surface area contributed by atoms with Crippen LogP contribution < -0.4 is 5.32 Å². The van der Waals surface area contributed by atoms with E-state index in [2.05, 4.69) is 15.4 Å². The van der Waals surface area contributed by atoms with Gasteiger partial charge in [-0.05, 0) is 32.9 Å². The molecule has 0 saturated carbocycles. The maximum absolute atomic E-state index is 12.6. The zero-order valence-corrected chi connectivity index (χ0v) is 14.3. The van der Waals surface area contributed by atoms with Gasteiger partial charge in [-0.3, -0.25) is 4.79 Å². The van der Waals surface area contributed by atoms with Crippen molar-refractivity contribution in [3.8, 4) is 5.82 Å². The number of rotatable bonds is 5. The van der Waals surface area contributed by atoms with Crippen molar-refractivity contribution in [3.63, 3.8) is 0 Å². The summed E-state index contributed by atoms with van der Waals surface area (Å²) in [7, 11) is 0. The average molecular weight is 370 g/mol. The molecule has 0 bridgehead atoms. The second-order valence-electron chi connectivity index (χ2n) is 5.76. The summed E-state index contributed by atoms with van der Waals surface area (Å²) in [5.41, 5.74) is -0.475. The van der Waals surface area contributed by atoms with E-state index in [1.165, 1.54) is 17.8 Å². The number of ether oxygens (including phenoxy) is 1. The van der Waals surface area contributed by atoms with Gasteiger partial charge in [0.05, 0.1) is 17.5 Å². The Morgan fingerprint density at radius 2 is 1.96 bits per heavy atom. The van der Waals surface area contributed by atoms with E-state index in [1.54, 1.807) is 13.8 Å². The van der Waals surface area contributed by atoms with Gasteiger partial charge in [0.2, 0.25) is 0 Å². The van der Waals surface area contributed by atoms with Gasteiger partial charge >= 0.3 is 12.1 Å². The number of amides is 1. The van der Waals surface area contributed by atoms with Crippen molar-refractivity contribution >= 4 is 11.9 Å². The number of aromatic nitrogens is 3. The first-order valence-electron chi connectivity index (χ1n) is 7.64. The number of esters is 1. The number of alkyl halides is 3. The van der Waals surface area contributed by atoms with Gasteiger partial charge in [0, 0.05) is 12.2 Å². The van der Waals surface area contributed by atoms with Gasteiger partial charge in [0.25, 0.3) is 5.91 Å². The number of carbonyl (C=O) groups is 2. The number of hydrogen-bond donors (Lipinski definition) is 1. The lowest BCUT2D eigenvalue weighted by atomic mass is 10.2. The van der Waals surface area contributed by atoms with Gasteiger partial charge in [-0.2, -0.15) is 18.3 Å². The SMILES string of the molecule is Cc1c(C(=O)OCC(=O)NC(C)C)cnn1-c1ccc(C(F)(F)F)cn1. The summed E-state index contributed by atoms with van der Waals surface area (Å²) in [4.78, 5) is 27.3. The number of pyridine rings is 1. The van der Waals surface area contributed by atoms with Crippen LogP contribution in [0.4, 0.5) is 13.2 Å². The molecule has 10 heteroatoms. The number of hydrogen-bond acceptors (Lipinski definition) is 5. The summed E-state index contributed by atoms with van der Waals surface area (Å²) in [6.07, 6.45) is -2.60. The number of carbonyl (C=O) groups excluding carboxylic acids is 2. The van der Waals surface area contributed by atoms with E-state index in [-0.39, 0.29) is 17.4 Å². The molecule has 2 aromatic heterocycles. The van der Waals surface area contributed by atoms with E-state index in [4.69, 9.17) is 4.74 Å². The first-order valence-corrected chi connectivity index (χ1v) is 7.64. The Kier molecular flexibility index (Phi) is 5.63. The maximum Gasteiger partial charge on any atom is 0.417 e. The summed E-state index contributed by atoms with van der Waals surface area (Å²) in [6, 6.07) is 1.93. The molecule has 0 spiro atoms. The predicted octanol–water partition coefficient (Wildman–Crippen LogP) is 2.28. The third-order valence-corrected chi connectivity index (χ3v) is 3.31. The normalized spacial score (nSPS) is 11.5. The lowest BCUT2D eigenvalue weighted by molar-refractivity contribution is -0.137. The Bertz CT molecular complexity index is 798. The lowest BCUT2D eigenvalue weighted by Crippen LogP contribution is -2.34. The average Bonchev–Trinajstić information content (AvgIpc) is 2.93. The molecule has 0 fully saturated rings. The van der Waals surface area contributed by atoms with Gasteiger partial charge in [-0.1, -0.05) is 0 Å². The predicted molar refractivity (Wildman–Crippen MR) is 84.7 cm³/mol. The molecule has 0 saturated heterocycles. The van der Waals surface area contributed by atoms with Crippen molar-refractivity contribution in [2.75, 3.05) is 6.61 Å². The van der Waals surface area contributed by atoms with Gasteiger partial charge in [-0.25, -0.2) is 14.5 Å². The van der Waals surface area contributed by atoms with Gasteiger partial charge in [0.15, 0.2) is 12.4 Å². The van der Waals surface area contributed by atoms with Crippen LogP contribution >= 0.6 is 0 Å². The molecule has 2 aromatic rings. The minimum Gasteiger partial charge on any atom is -0.452 e. The minimum atomic E-state index is -4.49. The van der Waals surface area contributed by atoms with Crippen LogP contribution in [0.5, 0.6) is 0 Å². The van der Waals surface area contributed by atoms with Crippen molar-refractivity contribution in [2.24, 2.45) is 0 Å². The molecule has 2 rings (SSSR count). The molecular weight excluding hydrogens is 353 g/mol. The van der Waals surface area contributed by atoms with Crippen molar-refractivity contribution < 1.29 is 27.5 Å². The number of nitrogens with one attached hydrogen (secondary N) is 1. The number of halogens is 3. The van der Waals surface area contributed by atoms with Crippen molar-refractivity contribution in [1.82, 2.24) is 20.1 Å². The molecule has 0 aliphatic heterocycles. The molecule has 0 aromatic carbocycles. The summed E-state index contributed by atoms with van der Waals surface area (Å²) in [5.74, 6) is -1.09. The third kappa shape index (κ3) is 4.58. The molecule has 0 aliphatic rings. The summed E-state index contributed by atoms with van der Waals surface area (Å²) < 4.78 is 43.9. The topological polar surface area (TPSA) is 86.1 Å². The maximum atomic E-state index is 12.6. The smallest absolute Gasteiger partial charge is 0.417 e. The molecular formula is C16H17F3N4O3. The van der Waals surface area contributed by atoms with Crippen LogP contribution in [0, 0.1) is 6.92 Å². The second kappa shape index (κ2) is 7.54. The van der Waals surface area contributed by atoms with E-state index in [9.17, 15) is 22.8 Å². The Morgan fingerprint density at radius 3 is 2.50 bits per heavy atom. The van der Waals surface area contributed by atoms with Gasteiger partial charge < -0.3 is 10.1 Å². The molecule has 1 N–H and O–H groups in total. The van der Waals surface area contributed by atoms with Gasteiger partial charge in [0.1, 0.15) is 5.56 Å². The highest BCUT2D eigenvalue weighted by Gasteiger charge is 2.30. The monoisotopic (exact) mass is 370 g/mol. The van der Waals surface area contributed by atoms with E-state index in [0.29, 0.717) is 11.9 Å². The molecule has 7 nitrogen and oxygen atoms in total. The van der Waals surface area contributed by atoms with Crippen molar-refractivity contribution in [2.45, 2.75) is 33.0 Å². The summed E-state index contributed by atoms with van der Waals surface area (Å²) >= 11 is 0. The van der Waals surface area contributed by atoms with E-state index in [1.807, 2.05) is 0 Å². The summed E-state index contributed by atoms with van der Waals surface area (Å²) in [6.45, 7) is 4.63. The van der Waals surface area contributed by atoms with E-state index in [0.717, 1.165) is 12.1 Å². The number of nitrogens with zero attached hydrogens (tertiary/aromatic N) is 3. The molecule has 0 atom stereocenters. The van der Waals surface area contributed by atoms with Crippen LogP contribution in [-0.4, -0.2) is 39.3 Å². The highest BCUT2D eigenvalue weighted by molar-refractivity contribution is 5.92. The third-order valence-electron chi connectivity index (χ3n) is 3.31. The lowest BCUT2D eigenvalue weighted by Gasteiger charge is -2.09. The highest BCUT2D eigenvalue weighted by Crippen LogP contribution is 2.28. The Labute approximate surface area is 147 Å². The van der Waals surface area contributed by atoms with Crippen LogP contribution in [0.1, 0.15) is 35.5 Å². The van der Waals surface area contributed by atoms with Crippen LogP contribution in [-0.2, 0) is 15.7 Å². The first-order chi connectivity index (χ1) is 12.1. The van der Waals surface area contributed by atoms with Crippen LogP contribution in [0.25, 0.3) is 5.82 Å². The highest BCUT2D eigenvalue weighted by atomic mass is 19.4. The van der Waals surface area contributed by atoms with Crippen LogP contribution in [0.15, 0.2) is 24.5 Å². The first kappa shape index (κ1) is 19.4. The molecule has 1 amide bonds. The standard InChI is InChI=1S/C16H17F3N4O3/c1-9(2)22-14(24)8-26-15(25)12-7-21-23(10(12)3)13-5-4-11(6-20-13)16(17,18)19/h4-7,9H,8H2,1-3H3,(H,22,24). The fraction of sp³-hybridized carbons (Fsp3) is 0.375. The van der Waals surface area contributed by atoms with Crippen LogP contribution in [0.2, 0.25) is 0 Å². The van der Waals surface area contributed by atoms with Crippen molar-refractivity contribution in [1.29, 1.82) is 0 Å². The largest absolute Gasteiger partial charge is 0.452 e. The molecule has 26 heavy (non-hydrogen) atoms. The minimum absolute atomic E-state index is 0.0866. The van der Waals surface area contributed by atoms with Gasteiger partial charge in [-0.15, -0.1) is 0 Å². The Morgan fingerprint density at radius 1 is 1.27 bits per heavy atom. The zero-order valence-electron chi connectivity index (χ0n) is 14.3. The fourth-order valence-electron chi connectivity index (χ4n) is 2.09. The Balaban J connectivity index is 2.12. The molecule has 0 aliphatic carbocycles. The van der Waals surface area contributed by atoms with Crippen LogP contribution in [0.3, 0.4) is 0 Å². The summed E-state index contributed by atoms with van der Waals surface area (Å²) in [5, 5.41) is 6.52. The molecule has 2 heterocycles. The second-order valence-corrected chi connectivity index (χ2v) is 5.76. The quantitative estimate of drug-likeness (QED) is 0.816. The van der Waals surface area contributed by atoms with E-state index >= 15 is 0 Å². The molecule has 140 valence electrons. The molecule has 0 unspecified atom stereocenters.